The minimum Gasteiger partial charge on any atom is -0.508 e. The Kier molecular flexibility index (Phi) is 21.1. The Balaban J connectivity index is -0.000000502. The minimum absolute atomic E-state index is 0.245. The molecule has 1 aliphatic heterocycles. The second-order valence-corrected chi connectivity index (χ2v) is 7.92. The number of phenols is 1. The van der Waals surface area contributed by atoms with Gasteiger partial charge in [0.2, 0.25) is 0 Å². The maximum atomic E-state index is 8.76. The summed E-state index contributed by atoms with van der Waals surface area (Å²) < 4.78 is 12.1. The number of ether oxygens (including phenoxy) is 2. The molecule has 3 rings (SSSR count). The zero-order valence-corrected chi connectivity index (χ0v) is 22.7. The molecule has 1 heterocycles. The first-order valence-electron chi connectivity index (χ1n) is 11.5. The van der Waals surface area contributed by atoms with Crippen LogP contribution in [0.4, 0.5) is 0 Å². The van der Waals surface area contributed by atoms with Gasteiger partial charge in [-0.05, 0) is 65.8 Å². The number of hydrogen-bond donors (Lipinski definition) is 2. The van der Waals surface area contributed by atoms with Crippen LogP contribution in [0.2, 0.25) is 0 Å². The average Bonchev–Trinajstić information content (AvgIpc) is 3.09. The standard InChI is InChI=1S/C16H24O2.C7H8O.C2H6.CH5N.2CH2O/c1-6-7-12-8-10-13(11-9-12)14-17-15(2,3)16(4,5)18-14;1-6-2-4-7(8)5-3-6;4*1-2/h8-11,14H,6-7H2,1-5H3;2-5,8H,1H3;1-2H3;2H2,1H3;2*1H2. The number of carbonyl (C=O) groups is 2. The van der Waals surface area contributed by atoms with Gasteiger partial charge < -0.3 is 29.9 Å². The van der Waals surface area contributed by atoms with Gasteiger partial charge in [0.15, 0.2) is 6.29 Å². The van der Waals surface area contributed by atoms with Crippen molar-refractivity contribution in [2.24, 2.45) is 5.73 Å². The summed E-state index contributed by atoms with van der Waals surface area (Å²) in [4.78, 5) is 16.0. The number of benzene rings is 2. The Morgan fingerprint density at radius 1 is 0.824 bits per heavy atom. The summed E-state index contributed by atoms with van der Waals surface area (Å²) in [5.41, 5.74) is 7.62. The number of rotatable bonds is 3. The van der Waals surface area contributed by atoms with Gasteiger partial charge in [-0.25, -0.2) is 0 Å². The molecule has 0 bridgehead atoms. The van der Waals surface area contributed by atoms with Crippen LogP contribution in [0.3, 0.4) is 0 Å². The van der Waals surface area contributed by atoms with Crippen molar-refractivity contribution in [2.45, 2.75) is 85.7 Å². The van der Waals surface area contributed by atoms with Crippen LogP contribution in [0.15, 0.2) is 48.5 Å². The summed E-state index contributed by atoms with van der Waals surface area (Å²) in [5.74, 6) is 0.329. The number of aromatic hydroxyl groups is 1. The van der Waals surface area contributed by atoms with Gasteiger partial charge in [-0.2, -0.15) is 0 Å². The molecule has 0 radical (unpaired) electrons. The summed E-state index contributed by atoms with van der Waals surface area (Å²) in [7, 11) is 1.50. The molecule has 34 heavy (non-hydrogen) atoms. The molecule has 1 saturated heterocycles. The third kappa shape index (κ3) is 12.6. The fraction of sp³-hybridized carbons (Fsp3) is 0.500. The Morgan fingerprint density at radius 2 is 1.21 bits per heavy atom. The molecule has 1 aliphatic rings. The molecule has 0 aromatic heterocycles. The highest BCUT2D eigenvalue weighted by atomic mass is 16.7. The van der Waals surface area contributed by atoms with E-state index in [1.165, 1.54) is 24.6 Å². The van der Waals surface area contributed by atoms with Crippen molar-refractivity contribution in [1.82, 2.24) is 0 Å². The van der Waals surface area contributed by atoms with E-state index in [1.54, 1.807) is 12.1 Å². The second-order valence-electron chi connectivity index (χ2n) is 7.92. The molecule has 2 aromatic rings. The zero-order valence-electron chi connectivity index (χ0n) is 22.7. The molecule has 2 aromatic carbocycles. The Bertz CT molecular complexity index is 688. The van der Waals surface area contributed by atoms with Crippen LogP contribution in [-0.4, -0.2) is 36.9 Å². The van der Waals surface area contributed by atoms with E-state index in [4.69, 9.17) is 24.2 Å². The van der Waals surface area contributed by atoms with Crippen LogP contribution in [0.25, 0.3) is 0 Å². The van der Waals surface area contributed by atoms with Gasteiger partial charge in [-0.3, -0.25) is 0 Å². The van der Waals surface area contributed by atoms with Gasteiger partial charge in [0.25, 0.3) is 0 Å². The van der Waals surface area contributed by atoms with Crippen LogP contribution in [0, 0.1) is 6.92 Å². The van der Waals surface area contributed by atoms with Crippen LogP contribution in [-0.2, 0) is 25.5 Å². The fourth-order valence-electron chi connectivity index (χ4n) is 2.65. The molecule has 0 amide bonds. The summed E-state index contributed by atoms with van der Waals surface area (Å²) in [6.45, 7) is 20.5. The van der Waals surface area contributed by atoms with Crippen molar-refractivity contribution < 1.29 is 24.2 Å². The van der Waals surface area contributed by atoms with E-state index in [9.17, 15) is 0 Å². The van der Waals surface area contributed by atoms with Crippen molar-refractivity contribution >= 4 is 13.6 Å². The lowest BCUT2D eigenvalue weighted by atomic mass is 9.90. The van der Waals surface area contributed by atoms with Crippen LogP contribution in [0.1, 0.15) is 77.9 Å². The molecule has 1 fully saturated rings. The Morgan fingerprint density at radius 3 is 1.53 bits per heavy atom. The van der Waals surface area contributed by atoms with Gasteiger partial charge in [-0.15, -0.1) is 0 Å². The quantitative estimate of drug-likeness (QED) is 0.548. The van der Waals surface area contributed by atoms with Gasteiger partial charge in [0.05, 0.1) is 11.2 Å². The van der Waals surface area contributed by atoms with Crippen molar-refractivity contribution in [3.8, 4) is 5.75 Å². The zero-order chi connectivity index (χ0) is 27.4. The van der Waals surface area contributed by atoms with E-state index in [2.05, 4.69) is 64.6 Å². The first-order valence-corrected chi connectivity index (χ1v) is 11.5. The summed E-state index contributed by atoms with van der Waals surface area (Å²) in [6.07, 6.45) is 2.06. The molecular formula is C28H47NO5. The van der Waals surface area contributed by atoms with E-state index in [1.807, 2.05) is 46.5 Å². The molecule has 6 nitrogen and oxygen atoms in total. The number of aryl methyl sites for hydroxylation is 2. The number of carbonyl (C=O) groups excluding carboxylic acids is 2. The Labute approximate surface area is 207 Å². The van der Waals surface area contributed by atoms with Crippen LogP contribution in [0.5, 0.6) is 5.75 Å². The summed E-state index contributed by atoms with van der Waals surface area (Å²) in [5, 5.41) is 8.76. The Hall–Kier alpha value is -2.54. The highest BCUT2D eigenvalue weighted by molar-refractivity contribution is 5.25. The topological polar surface area (TPSA) is 98.9 Å². The predicted molar refractivity (Wildman–Crippen MR) is 142 cm³/mol. The number of hydrogen-bond acceptors (Lipinski definition) is 6. The van der Waals surface area contributed by atoms with Gasteiger partial charge in [0, 0.05) is 5.56 Å². The normalized spacial score (nSPS) is 14.5. The lowest BCUT2D eigenvalue weighted by Gasteiger charge is -2.30. The highest BCUT2D eigenvalue weighted by Gasteiger charge is 2.49. The van der Waals surface area contributed by atoms with Crippen molar-refractivity contribution in [2.75, 3.05) is 7.05 Å². The van der Waals surface area contributed by atoms with Crippen LogP contribution < -0.4 is 5.73 Å². The van der Waals surface area contributed by atoms with Gasteiger partial charge in [-0.1, -0.05) is 69.2 Å². The van der Waals surface area contributed by atoms with Gasteiger partial charge >= 0.3 is 0 Å². The maximum Gasteiger partial charge on any atom is 0.185 e. The van der Waals surface area contributed by atoms with E-state index < -0.39 is 0 Å². The lowest BCUT2D eigenvalue weighted by molar-refractivity contribution is -0.0987. The summed E-state index contributed by atoms with van der Waals surface area (Å²) in [6, 6.07) is 15.7. The number of phenolic OH excluding ortho intramolecular Hbond substituents is 1. The number of nitrogens with two attached hydrogens (primary N) is 1. The molecule has 0 spiro atoms. The van der Waals surface area contributed by atoms with E-state index in [-0.39, 0.29) is 17.5 Å². The first kappa shape index (κ1) is 36.0. The van der Waals surface area contributed by atoms with Gasteiger partial charge in [0.1, 0.15) is 19.3 Å². The summed E-state index contributed by atoms with van der Waals surface area (Å²) >= 11 is 0. The largest absolute Gasteiger partial charge is 0.508 e. The molecule has 0 unspecified atom stereocenters. The molecule has 0 aliphatic carbocycles. The SMILES string of the molecule is C=O.C=O.CC.CCCc1ccc(C2OC(C)(C)C(C)(C)O2)cc1.CN.Cc1ccc(O)cc1. The maximum absolute atomic E-state index is 8.76. The van der Waals surface area contributed by atoms with Crippen LogP contribution >= 0.6 is 0 Å². The first-order chi connectivity index (χ1) is 16.1. The van der Waals surface area contributed by atoms with Crippen molar-refractivity contribution in [1.29, 1.82) is 0 Å². The molecule has 0 saturated carbocycles. The smallest absolute Gasteiger partial charge is 0.185 e. The van der Waals surface area contributed by atoms with E-state index in [0.717, 1.165) is 12.0 Å². The monoisotopic (exact) mass is 477 g/mol. The second kappa shape index (κ2) is 19.9. The van der Waals surface area contributed by atoms with Crippen molar-refractivity contribution in [3.05, 3.63) is 65.2 Å². The highest BCUT2D eigenvalue weighted by Crippen LogP contribution is 2.44. The minimum atomic E-state index is -0.264. The van der Waals surface area contributed by atoms with Crippen molar-refractivity contribution in [3.63, 3.8) is 0 Å². The molecule has 6 heteroatoms. The predicted octanol–water partition coefficient (Wildman–Crippen LogP) is 6.17. The lowest BCUT2D eigenvalue weighted by Crippen LogP contribution is -2.41. The molecular weight excluding hydrogens is 430 g/mol. The van der Waals surface area contributed by atoms with E-state index >= 15 is 0 Å². The average molecular weight is 478 g/mol. The third-order valence-electron chi connectivity index (χ3n) is 5.08. The molecule has 3 N–H and O–H groups in total. The third-order valence-corrected chi connectivity index (χ3v) is 5.08. The fourth-order valence-corrected chi connectivity index (χ4v) is 2.65. The van der Waals surface area contributed by atoms with E-state index in [0.29, 0.717) is 5.75 Å². The molecule has 0 atom stereocenters. The molecule has 194 valence electrons.